The number of Topliss-reactive ketones (excluding diaryl/α,β-unsaturated/α-hetero) is 1. The van der Waals surface area contributed by atoms with Crippen LogP contribution in [0.15, 0.2) is 23.3 Å². The van der Waals surface area contributed by atoms with E-state index in [1.54, 1.807) is 0 Å². The smallest absolute Gasteiger partial charge is 0.303 e. The third kappa shape index (κ3) is 2.83. The summed E-state index contributed by atoms with van der Waals surface area (Å²) in [7, 11) is 0. The maximum Gasteiger partial charge on any atom is 0.303 e. The van der Waals surface area contributed by atoms with E-state index in [4.69, 9.17) is 4.74 Å². The molecule has 4 nitrogen and oxygen atoms in total. The Kier molecular flexibility index (Phi) is 4.44. The van der Waals surface area contributed by atoms with Crippen LogP contribution in [-0.2, 0) is 19.1 Å². The van der Waals surface area contributed by atoms with Gasteiger partial charge in [0.1, 0.15) is 0 Å². The Labute approximate surface area is 161 Å². The van der Waals surface area contributed by atoms with Gasteiger partial charge in [-0.1, -0.05) is 25.5 Å². The normalized spacial score (nSPS) is 40.3. The van der Waals surface area contributed by atoms with Gasteiger partial charge in [0, 0.05) is 18.9 Å². The number of carbonyl (C=O) groups is 3. The van der Waals surface area contributed by atoms with E-state index in [0.717, 1.165) is 44.1 Å². The van der Waals surface area contributed by atoms with Crippen LogP contribution in [0.1, 0.15) is 65.7 Å². The summed E-state index contributed by atoms with van der Waals surface area (Å²) < 4.78 is 4.98. The molecular weight excluding hydrogens is 340 g/mol. The van der Waals surface area contributed by atoms with Gasteiger partial charge in [0.05, 0.1) is 0 Å². The quantitative estimate of drug-likeness (QED) is 0.699. The highest BCUT2D eigenvalue weighted by atomic mass is 16.5. The summed E-state index contributed by atoms with van der Waals surface area (Å²) in [5, 5.41) is 0. The van der Waals surface area contributed by atoms with Gasteiger partial charge in [-0.2, -0.15) is 0 Å². The van der Waals surface area contributed by atoms with E-state index in [2.05, 4.69) is 19.9 Å². The minimum Gasteiger partial charge on any atom is -0.457 e. The summed E-state index contributed by atoms with van der Waals surface area (Å²) >= 11 is 0. The second kappa shape index (κ2) is 6.42. The first-order valence-electron chi connectivity index (χ1n) is 10.4. The van der Waals surface area contributed by atoms with Gasteiger partial charge in [-0.3, -0.25) is 14.4 Å². The lowest BCUT2D eigenvalue weighted by Gasteiger charge is -2.57. The lowest BCUT2D eigenvalue weighted by atomic mass is 9.47. The maximum absolute atomic E-state index is 12.7. The van der Waals surface area contributed by atoms with Gasteiger partial charge >= 0.3 is 5.97 Å². The van der Waals surface area contributed by atoms with Crippen LogP contribution in [-0.4, -0.2) is 24.1 Å². The molecule has 0 amide bonds. The second-order valence-electron chi connectivity index (χ2n) is 9.48. The third-order valence-electron chi connectivity index (χ3n) is 8.25. The number of esters is 1. The fraction of sp³-hybridized carbons (Fsp3) is 0.696. The van der Waals surface area contributed by atoms with Crippen LogP contribution in [0.5, 0.6) is 0 Å². The number of ether oxygens (including phenoxy) is 1. The van der Waals surface area contributed by atoms with Crippen molar-refractivity contribution in [3.63, 3.8) is 0 Å². The number of ketones is 2. The van der Waals surface area contributed by atoms with Crippen molar-refractivity contribution in [1.82, 2.24) is 0 Å². The first kappa shape index (κ1) is 18.6. The molecule has 2 fully saturated rings. The summed E-state index contributed by atoms with van der Waals surface area (Å²) in [5.41, 5.74) is 2.32. The van der Waals surface area contributed by atoms with Crippen molar-refractivity contribution in [3.05, 3.63) is 23.3 Å². The van der Waals surface area contributed by atoms with Gasteiger partial charge in [0.25, 0.3) is 0 Å². The Morgan fingerprint density at radius 1 is 1.11 bits per heavy atom. The molecule has 2 saturated carbocycles. The molecule has 4 aliphatic rings. The highest BCUT2D eigenvalue weighted by Crippen LogP contribution is 2.65. The maximum atomic E-state index is 12.7. The van der Waals surface area contributed by atoms with Gasteiger partial charge in [0.2, 0.25) is 0 Å². The first-order valence-corrected chi connectivity index (χ1v) is 10.4. The van der Waals surface area contributed by atoms with Crippen LogP contribution in [0.4, 0.5) is 0 Å². The molecule has 4 rings (SSSR count). The van der Waals surface area contributed by atoms with Gasteiger partial charge in [-0.05, 0) is 73.2 Å². The fourth-order valence-corrected chi connectivity index (χ4v) is 6.80. The SMILES string of the molecule is CC(=O)OCC(=O)C1=CCC2C3CCC4=CC(=O)CCC4(C)C3CCC12C. The lowest BCUT2D eigenvalue weighted by molar-refractivity contribution is -0.145. The average Bonchev–Trinajstić information content (AvgIpc) is 2.97. The molecule has 0 spiro atoms. The molecule has 5 atom stereocenters. The molecule has 0 aromatic heterocycles. The number of hydrogen-bond donors (Lipinski definition) is 0. The molecule has 0 heterocycles. The van der Waals surface area contributed by atoms with Crippen LogP contribution in [0.3, 0.4) is 0 Å². The van der Waals surface area contributed by atoms with Crippen molar-refractivity contribution in [1.29, 1.82) is 0 Å². The molecule has 0 aromatic rings. The molecule has 0 saturated heterocycles. The van der Waals surface area contributed by atoms with Gasteiger partial charge < -0.3 is 4.74 Å². The monoisotopic (exact) mass is 370 g/mol. The number of carbonyl (C=O) groups excluding carboxylic acids is 3. The van der Waals surface area contributed by atoms with Gasteiger partial charge in [0.15, 0.2) is 18.2 Å². The minimum atomic E-state index is -0.404. The topological polar surface area (TPSA) is 60.4 Å². The molecular formula is C23H30O4. The van der Waals surface area contributed by atoms with Crippen LogP contribution < -0.4 is 0 Å². The van der Waals surface area contributed by atoms with E-state index in [-0.39, 0.29) is 23.2 Å². The van der Waals surface area contributed by atoms with Gasteiger partial charge in [-0.25, -0.2) is 0 Å². The highest BCUT2D eigenvalue weighted by Gasteiger charge is 2.57. The lowest BCUT2D eigenvalue weighted by Crippen LogP contribution is -2.50. The van der Waals surface area contributed by atoms with E-state index in [0.29, 0.717) is 30.0 Å². The molecule has 0 aliphatic heterocycles. The Morgan fingerprint density at radius 2 is 1.89 bits per heavy atom. The molecule has 146 valence electrons. The Bertz CT molecular complexity index is 760. The summed E-state index contributed by atoms with van der Waals surface area (Å²) in [6, 6.07) is 0. The molecule has 0 bridgehead atoms. The van der Waals surface area contributed by atoms with Crippen LogP contribution in [0.2, 0.25) is 0 Å². The summed E-state index contributed by atoms with van der Waals surface area (Å²) in [6.07, 6.45) is 10.9. The van der Waals surface area contributed by atoms with E-state index in [1.165, 1.54) is 12.5 Å². The van der Waals surface area contributed by atoms with E-state index >= 15 is 0 Å². The summed E-state index contributed by atoms with van der Waals surface area (Å²) in [5.74, 6) is 1.57. The standard InChI is InChI=1S/C23H30O4/c1-14(24)27-13-21(26)20-7-6-18-17-5-4-15-12-16(25)8-10-22(15,2)19(17)9-11-23(18,20)3/h7,12,17-19H,4-6,8-11,13H2,1-3H3. The molecule has 4 heteroatoms. The molecule has 0 radical (unpaired) electrons. The summed E-state index contributed by atoms with van der Waals surface area (Å²) in [4.78, 5) is 35.7. The minimum absolute atomic E-state index is 0.0282. The van der Waals surface area contributed by atoms with Crippen molar-refractivity contribution in [2.45, 2.75) is 65.7 Å². The van der Waals surface area contributed by atoms with Crippen molar-refractivity contribution >= 4 is 17.5 Å². The van der Waals surface area contributed by atoms with Crippen molar-refractivity contribution in [3.8, 4) is 0 Å². The van der Waals surface area contributed by atoms with Crippen LogP contribution >= 0.6 is 0 Å². The number of rotatable bonds is 3. The second-order valence-corrected chi connectivity index (χ2v) is 9.48. The van der Waals surface area contributed by atoms with E-state index in [1.807, 2.05) is 6.08 Å². The fourth-order valence-electron chi connectivity index (χ4n) is 6.80. The molecule has 4 aliphatic carbocycles. The highest BCUT2D eigenvalue weighted by molar-refractivity contribution is 5.99. The zero-order valence-electron chi connectivity index (χ0n) is 16.7. The average molecular weight is 370 g/mol. The van der Waals surface area contributed by atoms with E-state index < -0.39 is 5.97 Å². The molecule has 0 aromatic carbocycles. The zero-order chi connectivity index (χ0) is 19.4. The molecule has 0 N–H and O–H groups in total. The Balaban J connectivity index is 1.56. The molecule has 5 unspecified atom stereocenters. The van der Waals surface area contributed by atoms with Crippen LogP contribution in [0.25, 0.3) is 0 Å². The van der Waals surface area contributed by atoms with Crippen molar-refractivity contribution < 1.29 is 19.1 Å². The summed E-state index contributed by atoms with van der Waals surface area (Å²) in [6.45, 7) is 5.83. The van der Waals surface area contributed by atoms with Crippen molar-refractivity contribution in [2.75, 3.05) is 6.61 Å². The predicted molar refractivity (Wildman–Crippen MR) is 102 cm³/mol. The molecule has 27 heavy (non-hydrogen) atoms. The Morgan fingerprint density at radius 3 is 2.63 bits per heavy atom. The number of hydrogen-bond acceptors (Lipinski definition) is 4. The Hall–Kier alpha value is -1.71. The number of fused-ring (bicyclic) bond motifs is 5. The largest absolute Gasteiger partial charge is 0.457 e. The zero-order valence-corrected chi connectivity index (χ0v) is 16.7. The first-order chi connectivity index (χ1) is 12.8. The van der Waals surface area contributed by atoms with Crippen LogP contribution in [0, 0.1) is 28.6 Å². The van der Waals surface area contributed by atoms with Crippen molar-refractivity contribution in [2.24, 2.45) is 28.6 Å². The third-order valence-corrected chi connectivity index (χ3v) is 8.25. The van der Waals surface area contributed by atoms with Gasteiger partial charge in [-0.15, -0.1) is 0 Å². The predicted octanol–water partition coefficient (Wildman–Crippen LogP) is 4.19. The number of allylic oxidation sites excluding steroid dienone is 3. The van der Waals surface area contributed by atoms with E-state index in [9.17, 15) is 14.4 Å².